The summed E-state index contributed by atoms with van der Waals surface area (Å²) in [6, 6.07) is 11.6. The van der Waals surface area contributed by atoms with Crippen LogP contribution >= 0.6 is 0 Å². The van der Waals surface area contributed by atoms with E-state index < -0.39 is 17.7 Å². The molecule has 0 spiro atoms. The van der Waals surface area contributed by atoms with E-state index in [2.05, 4.69) is 5.16 Å². The van der Waals surface area contributed by atoms with Crippen LogP contribution in [0.4, 0.5) is 5.82 Å². The minimum absolute atomic E-state index is 0.0903. The van der Waals surface area contributed by atoms with Gasteiger partial charge in [0.15, 0.2) is 17.3 Å². The molecule has 2 heterocycles. The second-order valence-corrected chi connectivity index (χ2v) is 8.00. The largest absolute Gasteiger partial charge is 0.507 e. The number of aliphatic hydroxyl groups is 1. The van der Waals surface area contributed by atoms with Gasteiger partial charge in [0.05, 0.1) is 24.8 Å². The molecule has 0 bridgehead atoms. The molecule has 35 heavy (non-hydrogen) atoms. The van der Waals surface area contributed by atoms with Gasteiger partial charge in [0, 0.05) is 11.6 Å². The lowest BCUT2D eigenvalue weighted by Crippen LogP contribution is -2.29. The molecule has 1 aliphatic rings. The van der Waals surface area contributed by atoms with Crippen molar-refractivity contribution >= 4 is 23.3 Å². The Hall–Kier alpha value is -4.27. The highest BCUT2D eigenvalue weighted by Gasteiger charge is 2.48. The predicted octanol–water partition coefficient (Wildman–Crippen LogP) is 4.50. The highest BCUT2D eigenvalue weighted by molar-refractivity contribution is 6.51. The number of Topliss-reactive ketones (excluding diaryl/α,β-unsaturated/α-hetero) is 1. The molecule has 4 rings (SSSR count). The zero-order valence-corrected chi connectivity index (χ0v) is 19.6. The lowest BCUT2D eigenvalue weighted by molar-refractivity contribution is -0.132. The van der Waals surface area contributed by atoms with E-state index in [1.54, 1.807) is 44.2 Å². The molecule has 9 nitrogen and oxygen atoms in total. The summed E-state index contributed by atoms with van der Waals surface area (Å²) in [6.07, 6.45) is 0.850. The summed E-state index contributed by atoms with van der Waals surface area (Å²) in [5.41, 5.74) is 0.665. The van der Waals surface area contributed by atoms with Crippen LogP contribution in [0.2, 0.25) is 0 Å². The number of aromatic hydroxyl groups is 1. The Morgan fingerprint density at radius 3 is 2.46 bits per heavy atom. The molecule has 1 saturated heterocycles. The van der Waals surface area contributed by atoms with Crippen molar-refractivity contribution in [3.63, 3.8) is 0 Å². The van der Waals surface area contributed by atoms with Gasteiger partial charge in [-0.25, -0.2) is 0 Å². The van der Waals surface area contributed by atoms with E-state index in [0.29, 0.717) is 35.9 Å². The van der Waals surface area contributed by atoms with Gasteiger partial charge in [0.25, 0.3) is 5.78 Å². The number of ketones is 1. The smallest absolute Gasteiger partial charge is 0.301 e. The fourth-order valence-electron chi connectivity index (χ4n) is 3.91. The lowest BCUT2D eigenvalue weighted by atomic mass is 9.95. The third-order valence-electron chi connectivity index (χ3n) is 5.51. The van der Waals surface area contributed by atoms with Crippen LogP contribution in [0.3, 0.4) is 0 Å². The zero-order valence-electron chi connectivity index (χ0n) is 19.6. The number of hydrogen-bond donors (Lipinski definition) is 2. The van der Waals surface area contributed by atoms with Gasteiger partial charge in [-0.15, -0.1) is 0 Å². The summed E-state index contributed by atoms with van der Waals surface area (Å²) >= 11 is 0. The fourth-order valence-corrected chi connectivity index (χ4v) is 3.91. The molecule has 0 saturated carbocycles. The molecule has 2 N–H and O–H groups in total. The first-order valence-electron chi connectivity index (χ1n) is 11.3. The Kier molecular flexibility index (Phi) is 6.77. The Labute approximate surface area is 202 Å². The third-order valence-corrected chi connectivity index (χ3v) is 5.51. The Bertz CT molecular complexity index is 1280. The molecule has 1 atom stereocenters. The predicted molar refractivity (Wildman–Crippen MR) is 128 cm³/mol. The number of hydrogen-bond acceptors (Lipinski definition) is 8. The number of carbonyl (C=O) groups excluding carboxylic acids is 2. The number of carbonyl (C=O) groups is 2. The van der Waals surface area contributed by atoms with Crippen molar-refractivity contribution in [1.29, 1.82) is 0 Å². The molecule has 1 unspecified atom stereocenters. The highest BCUT2D eigenvalue weighted by Crippen LogP contribution is 2.43. The first kappa shape index (κ1) is 23.9. The van der Waals surface area contributed by atoms with Gasteiger partial charge in [0.1, 0.15) is 17.3 Å². The van der Waals surface area contributed by atoms with Gasteiger partial charge in [-0.2, -0.15) is 0 Å². The number of benzene rings is 2. The molecule has 1 aromatic heterocycles. The van der Waals surface area contributed by atoms with E-state index >= 15 is 0 Å². The Morgan fingerprint density at radius 1 is 1.09 bits per heavy atom. The van der Waals surface area contributed by atoms with E-state index in [9.17, 15) is 19.8 Å². The van der Waals surface area contributed by atoms with Gasteiger partial charge in [-0.3, -0.25) is 14.5 Å². The molecular formula is C26H26N2O7. The van der Waals surface area contributed by atoms with Crippen LogP contribution in [-0.2, 0) is 9.59 Å². The Balaban J connectivity index is 1.86. The summed E-state index contributed by atoms with van der Waals surface area (Å²) in [5.74, 6) is -0.782. The lowest BCUT2D eigenvalue weighted by Gasteiger charge is -2.23. The van der Waals surface area contributed by atoms with Crippen LogP contribution in [0, 0.1) is 6.92 Å². The van der Waals surface area contributed by atoms with Gasteiger partial charge in [0.2, 0.25) is 0 Å². The number of ether oxygens (including phenoxy) is 2. The number of amides is 1. The number of aryl methyl sites for hydroxylation is 1. The average Bonchev–Trinajstić information content (AvgIpc) is 3.39. The molecule has 0 aliphatic carbocycles. The summed E-state index contributed by atoms with van der Waals surface area (Å²) in [7, 11) is 0. The third kappa shape index (κ3) is 4.57. The van der Waals surface area contributed by atoms with E-state index in [1.807, 2.05) is 6.92 Å². The maximum atomic E-state index is 13.2. The van der Waals surface area contributed by atoms with Crippen molar-refractivity contribution < 1.29 is 33.8 Å². The van der Waals surface area contributed by atoms with E-state index in [1.165, 1.54) is 23.1 Å². The minimum Gasteiger partial charge on any atom is -0.507 e. The van der Waals surface area contributed by atoms with Crippen LogP contribution in [0.15, 0.2) is 58.6 Å². The van der Waals surface area contributed by atoms with Crippen LogP contribution < -0.4 is 14.4 Å². The van der Waals surface area contributed by atoms with E-state index in [0.717, 1.165) is 6.42 Å². The number of nitrogens with zero attached hydrogens (tertiary/aromatic N) is 2. The number of rotatable bonds is 8. The summed E-state index contributed by atoms with van der Waals surface area (Å²) in [4.78, 5) is 27.5. The standard InChI is InChI=1S/C26H26N2O7/c1-4-12-34-18-9-6-16(7-10-18)24(30)22-23(17-8-11-19(29)20(14-17)33-5-2)28(26(32)25(22)31)21-13-15(3)35-27-21/h6-11,13-14,23,29-30H,4-5,12H2,1-3H3. The van der Waals surface area contributed by atoms with Crippen LogP contribution in [0.5, 0.6) is 17.2 Å². The van der Waals surface area contributed by atoms with Crippen molar-refractivity contribution in [2.24, 2.45) is 0 Å². The number of phenols is 1. The summed E-state index contributed by atoms with van der Waals surface area (Å²) in [5, 5.41) is 25.3. The number of phenolic OH excluding ortho intramolecular Hbond substituents is 1. The number of aliphatic hydroxyl groups excluding tert-OH is 1. The first-order chi connectivity index (χ1) is 16.8. The molecule has 1 amide bonds. The molecule has 9 heteroatoms. The normalized spacial score (nSPS) is 17.1. The van der Waals surface area contributed by atoms with Crippen molar-refractivity contribution in [1.82, 2.24) is 5.16 Å². The van der Waals surface area contributed by atoms with Gasteiger partial charge >= 0.3 is 5.91 Å². The van der Waals surface area contributed by atoms with Crippen LogP contribution in [-0.4, -0.2) is 40.3 Å². The zero-order chi connectivity index (χ0) is 25.1. The molecule has 0 radical (unpaired) electrons. The SMILES string of the molecule is CCCOc1ccc(C(O)=C2C(=O)C(=O)N(c3cc(C)on3)C2c2ccc(O)c(OCC)c2)cc1. The van der Waals surface area contributed by atoms with Crippen molar-refractivity contribution in [3.8, 4) is 17.2 Å². The monoisotopic (exact) mass is 478 g/mol. The topological polar surface area (TPSA) is 122 Å². The van der Waals surface area contributed by atoms with Gasteiger partial charge < -0.3 is 24.2 Å². The minimum atomic E-state index is -1.03. The number of aromatic nitrogens is 1. The van der Waals surface area contributed by atoms with Crippen molar-refractivity contribution in [2.45, 2.75) is 33.2 Å². The van der Waals surface area contributed by atoms with Crippen LogP contribution in [0.1, 0.15) is 43.2 Å². The Morgan fingerprint density at radius 2 is 1.83 bits per heavy atom. The number of anilines is 1. The first-order valence-corrected chi connectivity index (χ1v) is 11.3. The molecule has 1 aliphatic heterocycles. The molecule has 2 aromatic carbocycles. The molecule has 182 valence electrons. The van der Waals surface area contributed by atoms with E-state index in [-0.39, 0.29) is 28.6 Å². The summed E-state index contributed by atoms with van der Waals surface area (Å²) < 4.78 is 16.2. The quantitative estimate of drug-likeness (QED) is 0.276. The maximum Gasteiger partial charge on any atom is 0.301 e. The van der Waals surface area contributed by atoms with Crippen LogP contribution in [0.25, 0.3) is 5.76 Å². The van der Waals surface area contributed by atoms with Gasteiger partial charge in [-0.1, -0.05) is 18.1 Å². The second kappa shape index (κ2) is 9.92. The highest BCUT2D eigenvalue weighted by atomic mass is 16.5. The molecule has 1 fully saturated rings. The fraction of sp³-hybridized carbons (Fsp3) is 0.269. The maximum absolute atomic E-state index is 13.2. The second-order valence-electron chi connectivity index (χ2n) is 8.00. The summed E-state index contributed by atoms with van der Waals surface area (Å²) in [6.45, 7) is 6.28. The van der Waals surface area contributed by atoms with Crippen molar-refractivity contribution in [2.75, 3.05) is 18.1 Å². The van der Waals surface area contributed by atoms with Gasteiger partial charge in [-0.05, 0) is 62.2 Å². The van der Waals surface area contributed by atoms with E-state index in [4.69, 9.17) is 14.0 Å². The molecular weight excluding hydrogens is 452 g/mol. The van der Waals surface area contributed by atoms with Crippen molar-refractivity contribution in [3.05, 3.63) is 71.0 Å². The molecule has 3 aromatic rings. The average molecular weight is 479 g/mol.